The number of unbranched alkanes of at least 4 members (excludes halogenated alkanes) is 1. The highest BCUT2D eigenvalue weighted by Crippen LogP contribution is 2.17. The lowest BCUT2D eigenvalue weighted by Crippen LogP contribution is -2.32. The Hall–Kier alpha value is -1.91. The third kappa shape index (κ3) is 7.67. The minimum atomic E-state index is -3.50. The summed E-state index contributed by atoms with van der Waals surface area (Å²) in [4.78, 5) is 0.334. The summed E-state index contributed by atoms with van der Waals surface area (Å²) in [6, 6.07) is 6.99. The van der Waals surface area contributed by atoms with Crippen molar-refractivity contribution >= 4 is 10.0 Å². The third-order valence-corrected chi connectivity index (χ3v) is 5.50. The fourth-order valence-corrected chi connectivity index (χ4v) is 3.58. The Morgan fingerprint density at radius 3 is 2.28 bits per heavy atom. The third-order valence-electron chi connectivity index (χ3n) is 3.62. The predicted molar refractivity (Wildman–Crippen MR) is 107 cm³/mol. The average molecular weight is 360 g/mol. The first-order valence-corrected chi connectivity index (χ1v) is 10.1. The molecule has 0 fully saturated rings. The molecule has 0 bridgehead atoms. The van der Waals surface area contributed by atoms with Gasteiger partial charge in [0.2, 0.25) is 10.0 Å². The predicted octanol–water partition coefficient (Wildman–Crippen LogP) is 5.03. The van der Waals surface area contributed by atoms with E-state index in [9.17, 15) is 8.42 Å². The Morgan fingerprint density at radius 2 is 1.64 bits per heavy atom. The van der Waals surface area contributed by atoms with E-state index < -0.39 is 10.0 Å². The zero-order valence-corrected chi connectivity index (χ0v) is 16.1. The van der Waals surface area contributed by atoms with E-state index in [-0.39, 0.29) is 0 Å². The van der Waals surface area contributed by atoms with E-state index in [1.807, 2.05) is 49.4 Å². The Bertz CT molecular complexity index is 698. The van der Waals surface area contributed by atoms with Crippen LogP contribution in [0, 0.1) is 6.92 Å². The summed E-state index contributed by atoms with van der Waals surface area (Å²) >= 11 is 0. The van der Waals surface area contributed by atoms with Crippen molar-refractivity contribution in [1.82, 2.24) is 4.31 Å². The van der Waals surface area contributed by atoms with Crippen LogP contribution >= 0.6 is 0 Å². The molecule has 0 saturated heterocycles. The first-order chi connectivity index (χ1) is 12.0. The highest BCUT2D eigenvalue weighted by molar-refractivity contribution is 7.89. The number of benzene rings is 1. The molecule has 136 valence electrons. The van der Waals surface area contributed by atoms with Gasteiger partial charge >= 0.3 is 0 Å². The smallest absolute Gasteiger partial charge is 0.207 e. The molecule has 0 saturated carbocycles. The topological polar surface area (TPSA) is 37.4 Å². The summed E-state index contributed by atoms with van der Waals surface area (Å²) in [5, 5.41) is 0. The SMILES string of the molecule is C=C/C=C/CCN(C/C=C/C=C/CCC)S(=O)(=O)c1ccc(C)cc1. The van der Waals surface area contributed by atoms with Crippen LogP contribution in [0.3, 0.4) is 0 Å². The molecule has 1 aromatic carbocycles. The molecule has 0 unspecified atom stereocenters. The van der Waals surface area contributed by atoms with E-state index >= 15 is 0 Å². The second kappa shape index (κ2) is 11.6. The molecule has 4 heteroatoms. The molecule has 0 amide bonds. The van der Waals surface area contributed by atoms with Gasteiger partial charge in [0.05, 0.1) is 4.90 Å². The standard InChI is InChI=1S/C21H29NO2S/c1-4-6-8-10-11-13-19-22(18-12-9-7-5-2)25(23,24)21-16-14-20(3)15-17-21/h5,7-11,13-17H,2,4,6,12,18-19H2,1,3H3/b9-7+,10-8+,13-11+. The number of rotatable bonds is 11. The van der Waals surface area contributed by atoms with Crippen LogP contribution in [0.25, 0.3) is 0 Å². The summed E-state index contributed by atoms with van der Waals surface area (Å²) < 4.78 is 27.3. The first kappa shape index (κ1) is 21.1. The summed E-state index contributed by atoms with van der Waals surface area (Å²) in [5.41, 5.74) is 1.04. The van der Waals surface area contributed by atoms with E-state index in [1.165, 1.54) is 4.31 Å². The number of sulfonamides is 1. The second-order valence-electron chi connectivity index (χ2n) is 5.77. The van der Waals surface area contributed by atoms with Gasteiger partial charge < -0.3 is 0 Å². The average Bonchev–Trinajstić information content (AvgIpc) is 2.60. The molecule has 0 atom stereocenters. The molecule has 25 heavy (non-hydrogen) atoms. The Balaban J connectivity index is 2.89. The zero-order valence-electron chi connectivity index (χ0n) is 15.3. The molecule has 0 radical (unpaired) electrons. The van der Waals surface area contributed by atoms with Gasteiger partial charge in [-0.2, -0.15) is 4.31 Å². The summed E-state index contributed by atoms with van der Waals surface area (Å²) in [6.07, 6.45) is 16.1. The molecule has 3 nitrogen and oxygen atoms in total. The quantitative estimate of drug-likeness (QED) is 0.520. The molecule has 1 aromatic rings. The van der Waals surface area contributed by atoms with Crippen LogP contribution in [0.5, 0.6) is 0 Å². The zero-order chi connectivity index (χ0) is 18.5. The maximum atomic E-state index is 12.9. The second-order valence-corrected chi connectivity index (χ2v) is 7.71. The van der Waals surface area contributed by atoms with Crippen LogP contribution in [-0.4, -0.2) is 25.8 Å². The van der Waals surface area contributed by atoms with Crippen molar-refractivity contribution in [1.29, 1.82) is 0 Å². The first-order valence-electron chi connectivity index (χ1n) is 8.68. The summed E-state index contributed by atoms with van der Waals surface area (Å²) in [5.74, 6) is 0. The van der Waals surface area contributed by atoms with E-state index in [4.69, 9.17) is 0 Å². The van der Waals surface area contributed by atoms with Crippen LogP contribution in [0.15, 0.2) is 78.3 Å². The fraction of sp³-hybridized carbons (Fsp3) is 0.333. The van der Waals surface area contributed by atoms with Crippen LogP contribution in [0.4, 0.5) is 0 Å². The van der Waals surface area contributed by atoms with Gasteiger partial charge in [0, 0.05) is 13.1 Å². The highest BCUT2D eigenvalue weighted by atomic mass is 32.2. The van der Waals surface area contributed by atoms with Crippen LogP contribution < -0.4 is 0 Å². The van der Waals surface area contributed by atoms with Gasteiger partial charge in [0.25, 0.3) is 0 Å². The molecule has 0 aliphatic rings. The van der Waals surface area contributed by atoms with E-state index in [2.05, 4.69) is 19.6 Å². The van der Waals surface area contributed by atoms with Gasteiger partial charge in [0.15, 0.2) is 0 Å². The molecular weight excluding hydrogens is 330 g/mol. The van der Waals surface area contributed by atoms with Gasteiger partial charge in [-0.15, -0.1) is 0 Å². The maximum absolute atomic E-state index is 12.9. The molecule has 1 rings (SSSR count). The Morgan fingerprint density at radius 1 is 1.00 bits per heavy atom. The number of hydrogen-bond acceptors (Lipinski definition) is 2. The molecule has 0 aromatic heterocycles. The molecule has 0 N–H and O–H groups in total. The van der Waals surface area contributed by atoms with Gasteiger partial charge in [0.1, 0.15) is 0 Å². The number of nitrogens with zero attached hydrogens (tertiary/aromatic N) is 1. The van der Waals surface area contributed by atoms with Crippen molar-refractivity contribution in [3.63, 3.8) is 0 Å². The minimum Gasteiger partial charge on any atom is -0.207 e. The van der Waals surface area contributed by atoms with Crippen LogP contribution in [0.1, 0.15) is 31.7 Å². The lowest BCUT2D eigenvalue weighted by molar-refractivity contribution is 0.448. The van der Waals surface area contributed by atoms with Crippen molar-refractivity contribution in [2.45, 2.75) is 38.0 Å². The van der Waals surface area contributed by atoms with Crippen molar-refractivity contribution in [3.8, 4) is 0 Å². The Labute approximate surface area is 153 Å². The van der Waals surface area contributed by atoms with Gasteiger partial charge in [-0.3, -0.25) is 0 Å². The highest BCUT2D eigenvalue weighted by Gasteiger charge is 2.22. The van der Waals surface area contributed by atoms with Crippen molar-refractivity contribution in [2.24, 2.45) is 0 Å². The molecular formula is C21H29NO2S. The van der Waals surface area contributed by atoms with Gasteiger partial charge in [-0.05, 0) is 31.9 Å². The lowest BCUT2D eigenvalue weighted by atomic mass is 10.2. The van der Waals surface area contributed by atoms with Gasteiger partial charge in [-0.1, -0.05) is 80.2 Å². The number of hydrogen-bond donors (Lipinski definition) is 0. The molecule has 0 aliphatic carbocycles. The number of allylic oxidation sites excluding steroid dienone is 5. The van der Waals surface area contributed by atoms with Crippen molar-refractivity contribution in [3.05, 3.63) is 78.9 Å². The summed E-state index contributed by atoms with van der Waals surface area (Å²) in [7, 11) is -3.50. The van der Waals surface area contributed by atoms with Crippen LogP contribution in [0.2, 0.25) is 0 Å². The summed E-state index contributed by atoms with van der Waals surface area (Å²) in [6.45, 7) is 8.49. The minimum absolute atomic E-state index is 0.334. The largest absolute Gasteiger partial charge is 0.243 e. The fourth-order valence-electron chi connectivity index (χ4n) is 2.18. The van der Waals surface area contributed by atoms with Crippen LogP contribution in [-0.2, 0) is 10.0 Å². The molecule has 0 spiro atoms. The van der Waals surface area contributed by atoms with E-state index in [1.54, 1.807) is 18.2 Å². The van der Waals surface area contributed by atoms with Crippen molar-refractivity contribution in [2.75, 3.05) is 13.1 Å². The van der Waals surface area contributed by atoms with Gasteiger partial charge in [-0.25, -0.2) is 8.42 Å². The van der Waals surface area contributed by atoms with E-state index in [0.717, 1.165) is 18.4 Å². The lowest BCUT2D eigenvalue weighted by Gasteiger charge is -2.20. The maximum Gasteiger partial charge on any atom is 0.243 e. The van der Waals surface area contributed by atoms with E-state index in [0.29, 0.717) is 24.4 Å². The molecule has 0 aliphatic heterocycles. The Kier molecular flexibility index (Phi) is 9.81. The monoisotopic (exact) mass is 359 g/mol. The van der Waals surface area contributed by atoms with Crippen molar-refractivity contribution < 1.29 is 8.42 Å². The molecule has 0 heterocycles. The normalized spacial score (nSPS) is 12.8. The number of aryl methyl sites for hydroxylation is 1.